The van der Waals surface area contributed by atoms with Crippen LogP contribution < -0.4 is 20.5 Å². The summed E-state index contributed by atoms with van der Waals surface area (Å²) in [6.45, 7) is 2.55. The summed E-state index contributed by atoms with van der Waals surface area (Å²) in [5.41, 5.74) is 8.29. The highest BCUT2D eigenvalue weighted by Crippen LogP contribution is 2.25. The van der Waals surface area contributed by atoms with Crippen LogP contribution >= 0.6 is 12.6 Å². The standard InChI is InChI=1S/C21H25N3O2S/c1-15(24-2)21(27)12-14-25-17-7-9-19(10-8-17)26-18-5-3-16(4-6-18)20(23)11-13-22/h3-11,13,22,24,27H,12,14,23H2,1-2H3/b20-11-,21-15-,22-13?. The predicted molar refractivity (Wildman–Crippen MR) is 115 cm³/mol. The lowest BCUT2D eigenvalue weighted by Crippen LogP contribution is -2.06. The summed E-state index contributed by atoms with van der Waals surface area (Å²) >= 11 is 4.45. The average Bonchev–Trinajstić information content (AvgIpc) is 2.69. The molecule has 2 aromatic rings. The molecule has 0 aliphatic carbocycles. The lowest BCUT2D eigenvalue weighted by molar-refractivity contribution is 0.323. The molecule has 0 amide bonds. The van der Waals surface area contributed by atoms with E-state index in [0.717, 1.165) is 34.1 Å². The Morgan fingerprint density at radius 1 is 1.07 bits per heavy atom. The fraction of sp³-hybridized carbons (Fsp3) is 0.190. The SMILES string of the molecule is CN/C(C)=C(\S)CCOc1ccc(Oc2ccc(/C(N)=C/C=N)cc2)cc1. The van der Waals surface area contributed by atoms with Gasteiger partial charge in [0.15, 0.2) is 0 Å². The van der Waals surface area contributed by atoms with E-state index in [2.05, 4.69) is 17.9 Å². The van der Waals surface area contributed by atoms with E-state index in [9.17, 15) is 0 Å². The molecule has 2 rings (SSSR count). The number of nitrogens with one attached hydrogen (secondary N) is 2. The van der Waals surface area contributed by atoms with Crippen LogP contribution in [-0.4, -0.2) is 19.9 Å². The van der Waals surface area contributed by atoms with Gasteiger partial charge in [-0.2, -0.15) is 0 Å². The maximum atomic E-state index is 7.06. The second kappa shape index (κ2) is 10.3. The van der Waals surface area contributed by atoms with Gasteiger partial charge < -0.3 is 25.9 Å². The first-order chi connectivity index (χ1) is 13.0. The summed E-state index contributed by atoms with van der Waals surface area (Å²) in [4.78, 5) is 0.983. The molecule has 0 saturated carbocycles. The minimum absolute atomic E-state index is 0.544. The number of benzene rings is 2. The zero-order chi connectivity index (χ0) is 19.6. The van der Waals surface area contributed by atoms with Crippen molar-refractivity contribution in [2.75, 3.05) is 13.7 Å². The summed E-state index contributed by atoms with van der Waals surface area (Å²) in [7, 11) is 1.88. The smallest absolute Gasteiger partial charge is 0.127 e. The molecule has 0 bridgehead atoms. The van der Waals surface area contributed by atoms with Crippen molar-refractivity contribution < 1.29 is 9.47 Å². The summed E-state index contributed by atoms with van der Waals surface area (Å²) in [6.07, 6.45) is 3.45. The molecule has 0 fully saturated rings. The highest BCUT2D eigenvalue weighted by molar-refractivity contribution is 7.84. The Morgan fingerprint density at radius 3 is 2.19 bits per heavy atom. The Hall–Kier alpha value is -2.86. The van der Waals surface area contributed by atoms with Crippen molar-refractivity contribution in [3.8, 4) is 17.2 Å². The number of hydrogen-bond donors (Lipinski definition) is 4. The van der Waals surface area contributed by atoms with Crippen LogP contribution in [0, 0.1) is 5.41 Å². The summed E-state index contributed by atoms with van der Waals surface area (Å²) < 4.78 is 11.6. The van der Waals surface area contributed by atoms with Crippen LogP contribution in [0.1, 0.15) is 18.9 Å². The van der Waals surface area contributed by atoms with Crippen LogP contribution in [0.3, 0.4) is 0 Å². The van der Waals surface area contributed by atoms with Crippen molar-refractivity contribution in [3.05, 3.63) is 70.8 Å². The second-order valence-corrected chi connectivity index (χ2v) is 6.35. The Balaban J connectivity index is 1.90. The molecule has 0 radical (unpaired) electrons. The molecule has 0 aromatic heterocycles. The van der Waals surface area contributed by atoms with E-state index in [-0.39, 0.29) is 0 Å². The zero-order valence-corrected chi connectivity index (χ0v) is 16.4. The van der Waals surface area contributed by atoms with Gasteiger partial charge in [-0.3, -0.25) is 0 Å². The summed E-state index contributed by atoms with van der Waals surface area (Å²) in [5.74, 6) is 2.21. The first-order valence-corrected chi connectivity index (χ1v) is 9.02. The molecule has 4 N–H and O–H groups in total. The molecule has 0 heterocycles. The molecule has 0 spiro atoms. The molecular weight excluding hydrogens is 358 g/mol. The monoisotopic (exact) mass is 383 g/mol. The van der Waals surface area contributed by atoms with E-state index in [1.165, 1.54) is 6.21 Å². The van der Waals surface area contributed by atoms with Crippen LogP contribution in [-0.2, 0) is 0 Å². The molecule has 0 aliphatic heterocycles. The number of thiol groups is 1. The van der Waals surface area contributed by atoms with E-state index >= 15 is 0 Å². The first kappa shape index (κ1) is 20.5. The quantitative estimate of drug-likeness (QED) is 0.377. The van der Waals surface area contributed by atoms with Gasteiger partial charge in [0, 0.05) is 36.0 Å². The normalized spacial score (nSPS) is 12.2. The van der Waals surface area contributed by atoms with Crippen molar-refractivity contribution in [2.24, 2.45) is 5.73 Å². The largest absolute Gasteiger partial charge is 0.493 e. The maximum Gasteiger partial charge on any atom is 0.127 e. The summed E-state index contributed by atoms with van der Waals surface area (Å²) in [6, 6.07) is 14.9. The number of nitrogens with two attached hydrogens (primary N) is 1. The molecule has 2 aromatic carbocycles. The molecule has 0 unspecified atom stereocenters. The third-order valence-electron chi connectivity index (χ3n) is 3.93. The minimum Gasteiger partial charge on any atom is -0.493 e. The zero-order valence-electron chi connectivity index (χ0n) is 15.5. The molecule has 27 heavy (non-hydrogen) atoms. The molecule has 142 valence electrons. The van der Waals surface area contributed by atoms with E-state index in [1.807, 2.05) is 62.5 Å². The second-order valence-electron chi connectivity index (χ2n) is 5.81. The molecule has 0 aliphatic rings. The lowest BCUT2D eigenvalue weighted by Gasteiger charge is -2.10. The number of ether oxygens (including phenoxy) is 2. The van der Waals surface area contributed by atoms with E-state index in [4.69, 9.17) is 20.6 Å². The Morgan fingerprint density at radius 2 is 1.63 bits per heavy atom. The van der Waals surface area contributed by atoms with Gasteiger partial charge >= 0.3 is 0 Å². The van der Waals surface area contributed by atoms with Gasteiger partial charge in [0.2, 0.25) is 0 Å². The van der Waals surface area contributed by atoms with E-state index in [0.29, 0.717) is 18.1 Å². The number of rotatable bonds is 9. The molecule has 5 nitrogen and oxygen atoms in total. The fourth-order valence-electron chi connectivity index (χ4n) is 2.24. The van der Waals surface area contributed by atoms with Crippen molar-refractivity contribution in [1.82, 2.24) is 5.32 Å². The third kappa shape index (κ3) is 6.42. The number of hydrogen-bond acceptors (Lipinski definition) is 6. The Kier molecular flexibility index (Phi) is 7.82. The van der Waals surface area contributed by atoms with Crippen LogP contribution in [0.15, 0.2) is 65.2 Å². The van der Waals surface area contributed by atoms with Gasteiger partial charge in [-0.25, -0.2) is 0 Å². The predicted octanol–water partition coefficient (Wildman–Crippen LogP) is 4.58. The van der Waals surface area contributed by atoms with Gasteiger partial charge in [-0.05, 0) is 67.1 Å². The Labute approximate surface area is 165 Å². The van der Waals surface area contributed by atoms with E-state index < -0.39 is 0 Å². The van der Waals surface area contributed by atoms with Crippen LogP contribution in [0.2, 0.25) is 0 Å². The van der Waals surface area contributed by atoms with Crippen LogP contribution in [0.25, 0.3) is 5.70 Å². The third-order valence-corrected chi connectivity index (χ3v) is 4.48. The van der Waals surface area contributed by atoms with E-state index in [1.54, 1.807) is 6.08 Å². The molecule has 0 atom stereocenters. The van der Waals surface area contributed by atoms with Crippen molar-refractivity contribution in [3.63, 3.8) is 0 Å². The average molecular weight is 384 g/mol. The molecule has 6 heteroatoms. The fourth-order valence-corrected chi connectivity index (χ4v) is 2.44. The topological polar surface area (TPSA) is 80.4 Å². The lowest BCUT2D eigenvalue weighted by atomic mass is 10.1. The Bertz CT molecular complexity index is 812. The van der Waals surface area contributed by atoms with Gasteiger partial charge in [-0.15, -0.1) is 12.6 Å². The van der Waals surface area contributed by atoms with Crippen LogP contribution in [0.4, 0.5) is 0 Å². The summed E-state index contributed by atoms with van der Waals surface area (Å²) in [5, 5.41) is 10.1. The molecular formula is C21H25N3O2S. The minimum atomic E-state index is 0.544. The van der Waals surface area contributed by atoms with Gasteiger partial charge in [0.1, 0.15) is 17.2 Å². The number of allylic oxidation sites excluding steroid dienone is 2. The molecule has 0 saturated heterocycles. The maximum absolute atomic E-state index is 7.06. The van der Waals surface area contributed by atoms with Gasteiger partial charge in [0.05, 0.1) is 6.61 Å². The van der Waals surface area contributed by atoms with Crippen molar-refractivity contribution in [1.29, 1.82) is 5.41 Å². The highest BCUT2D eigenvalue weighted by atomic mass is 32.1. The van der Waals surface area contributed by atoms with Crippen molar-refractivity contribution in [2.45, 2.75) is 13.3 Å². The first-order valence-electron chi connectivity index (χ1n) is 8.57. The van der Waals surface area contributed by atoms with Gasteiger partial charge in [-0.1, -0.05) is 0 Å². The highest BCUT2D eigenvalue weighted by Gasteiger charge is 2.02. The van der Waals surface area contributed by atoms with Crippen LogP contribution in [0.5, 0.6) is 17.2 Å². The van der Waals surface area contributed by atoms with Crippen molar-refractivity contribution >= 4 is 24.5 Å². The van der Waals surface area contributed by atoms with Gasteiger partial charge in [0.25, 0.3) is 0 Å².